The van der Waals surface area contributed by atoms with Gasteiger partial charge in [0, 0.05) is 31.8 Å². The van der Waals surface area contributed by atoms with E-state index in [4.69, 9.17) is 9.47 Å². The van der Waals surface area contributed by atoms with Crippen LogP contribution >= 0.6 is 0 Å². The molecule has 0 aliphatic heterocycles. The molecule has 0 aliphatic rings. The highest BCUT2D eigenvalue weighted by atomic mass is 16.5. The van der Waals surface area contributed by atoms with E-state index in [1.54, 1.807) is 31.3 Å². The van der Waals surface area contributed by atoms with E-state index in [9.17, 15) is 14.4 Å². The van der Waals surface area contributed by atoms with Crippen molar-refractivity contribution < 1.29 is 19.1 Å². The normalized spacial score (nSPS) is 10.6. The second-order valence-electron chi connectivity index (χ2n) is 7.24. The van der Waals surface area contributed by atoms with Crippen LogP contribution in [0.1, 0.15) is 12.8 Å². The standard InChI is InChI=1S/C23H26N4O5/c1-26(14-21(28)25-16-8-5-4-6-9-16)22(29)10-7-11-27-15-24-18-13-20(32-3)19(31-2)12-17(18)23(27)30/h4-6,8-9,12-13,15H,7,10-11,14H2,1-3H3,(H,25,28). The number of carbonyl (C=O) groups is 2. The molecule has 0 aliphatic carbocycles. The maximum absolute atomic E-state index is 12.8. The number of rotatable bonds is 9. The summed E-state index contributed by atoms with van der Waals surface area (Å²) in [5, 5.41) is 3.15. The van der Waals surface area contributed by atoms with Gasteiger partial charge in [-0.25, -0.2) is 4.98 Å². The second kappa shape index (κ2) is 10.4. The molecule has 9 heteroatoms. The van der Waals surface area contributed by atoms with E-state index in [0.29, 0.717) is 41.1 Å². The zero-order valence-electron chi connectivity index (χ0n) is 18.3. The minimum atomic E-state index is -0.272. The number of methoxy groups -OCH3 is 2. The Bertz CT molecular complexity index is 1160. The molecule has 1 heterocycles. The molecule has 0 spiro atoms. The molecule has 0 atom stereocenters. The minimum Gasteiger partial charge on any atom is -0.493 e. The van der Waals surface area contributed by atoms with Gasteiger partial charge in [0.15, 0.2) is 11.5 Å². The smallest absolute Gasteiger partial charge is 0.261 e. The fourth-order valence-corrected chi connectivity index (χ4v) is 3.26. The summed E-state index contributed by atoms with van der Waals surface area (Å²) in [5.41, 5.74) is 0.957. The Morgan fingerprint density at radius 2 is 1.78 bits per heavy atom. The zero-order valence-corrected chi connectivity index (χ0v) is 18.3. The summed E-state index contributed by atoms with van der Waals surface area (Å²) in [7, 11) is 4.60. The summed E-state index contributed by atoms with van der Waals surface area (Å²) in [4.78, 5) is 43.0. The number of nitrogens with zero attached hydrogens (tertiary/aromatic N) is 3. The summed E-state index contributed by atoms with van der Waals surface area (Å²) < 4.78 is 12.0. The van der Waals surface area contributed by atoms with E-state index in [-0.39, 0.29) is 30.3 Å². The molecule has 0 unspecified atom stereocenters. The molecule has 9 nitrogen and oxygen atoms in total. The molecule has 1 N–H and O–H groups in total. The van der Waals surface area contributed by atoms with Crippen molar-refractivity contribution in [1.82, 2.24) is 14.5 Å². The number of hydrogen-bond acceptors (Lipinski definition) is 6. The number of para-hydroxylation sites is 1. The molecule has 2 amide bonds. The summed E-state index contributed by atoms with van der Waals surface area (Å²) in [6.07, 6.45) is 2.09. The Balaban J connectivity index is 1.57. The predicted octanol–water partition coefficient (Wildman–Crippen LogP) is 2.29. The van der Waals surface area contributed by atoms with Gasteiger partial charge in [-0.2, -0.15) is 0 Å². The van der Waals surface area contributed by atoms with E-state index in [2.05, 4.69) is 10.3 Å². The van der Waals surface area contributed by atoms with Gasteiger partial charge in [0.25, 0.3) is 5.56 Å². The number of fused-ring (bicyclic) bond motifs is 1. The third-order valence-electron chi connectivity index (χ3n) is 4.98. The number of amides is 2. The highest BCUT2D eigenvalue weighted by molar-refractivity contribution is 5.94. The Kier molecular flexibility index (Phi) is 7.43. The molecule has 3 aromatic rings. The number of aryl methyl sites for hydroxylation is 1. The van der Waals surface area contributed by atoms with Crippen molar-refractivity contribution in [2.45, 2.75) is 19.4 Å². The van der Waals surface area contributed by atoms with Crippen LogP contribution in [-0.4, -0.2) is 54.1 Å². The van der Waals surface area contributed by atoms with Gasteiger partial charge < -0.3 is 19.7 Å². The number of ether oxygens (including phenoxy) is 2. The van der Waals surface area contributed by atoms with Crippen molar-refractivity contribution in [3.8, 4) is 11.5 Å². The molecule has 2 aromatic carbocycles. The number of likely N-dealkylation sites (N-methyl/N-ethyl adjacent to an activating group) is 1. The Morgan fingerprint density at radius 3 is 2.47 bits per heavy atom. The van der Waals surface area contributed by atoms with Crippen LogP contribution in [-0.2, 0) is 16.1 Å². The van der Waals surface area contributed by atoms with Crippen LogP contribution in [0.25, 0.3) is 10.9 Å². The van der Waals surface area contributed by atoms with Crippen LogP contribution in [0.2, 0.25) is 0 Å². The van der Waals surface area contributed by atoms with Gasteiger partial charge in [-0.15, -0.1) is 0 Å². The average molecular weight is 438 g/mol. The molecule has 0 radical (unpaired) electrons. The van der Waals surface area contributed by atoms with Crippen LogP contribution in [0.4, 0.5) is 5.69 Å². The SMILES string of the molecule is COc1cc2ncn(CCCC(=O)N(C)CC(=O)Nc3ccccc3)c(=O)c2cc1OC. The van der Waals surface area contributed by atoms with Gasteiger partial charge in [-0.3, -0.25) is 19.0 Å². The Morgan fingerprint density at radius 1 is 1.09 bits per heavy atom. The lowest BCUT2D eigenvalue weighted by Gasteiger charge is -2.17. The summed E-state index contributed by atoms with van der Waals surface area (Å²) in [6.45, 7) is 0.277. The van der Waals surface area contributed by atoms with Crippen molar-refractivity contribution in [2.75, 3.05) is 33.1 Å². The maximum atomic E-state index is 12.8. The van der Waals surface area contributed by atoms with Crippen LogP contribution in [0.15, 0.2) is 53.6 Å². The first kappa shape index (κ1) is 22.8. The zero-order chi connectivity index (χ0) is 23.1. The second-order valence-corrected chi connectivity index (χ2v) is 7.24. The number of aromatic nitrogens is 2. The van der Waals surface area contributed by atoms with Crippen LogP contribution in [0, 0.1) is 0 Å². The fourth-order valence-electron chi connectivity index (χ4n) is 3.26. The molecule has 0 saturated heterocycles. The Hall–Kier alpha value is -3.88. The van der Waals surface area contributed by atoms with Gasteiger partial charge in [-0.05, 0) is 24.6 Å². The van der Waals surface area contributed by atoms with Crippen molar-refractivity contribution >= 4 is 28.4 Å². The summed E-state index contributed by atoms with van der Waals surface area (Å²) in [5.74, 6) is 0.490. The molecule has 168 valence electrons. The van der Waals surface area contributed by atoms with Gasteiger partial charge in [-0.1, -0.05) is 18.2 Å². The lowest BCUT2D eigenvalue weighted by Crippen LogP contribution is -2.35. The monoisotopic (exact) mass is 438 g/mol. The molecule has 0 saturated carbocycles. The molecule has 3 rings (SSSR count). The number of hydrogen-bond donors (Lipinski definition) is 1. The first-order chi connectivity index (χ1) is 15.4. The highest BCUT2D eigenvalue weighted by Crippen LogP contribution is 2.29. The van der Waals surface area contributed by atoms with E-state index < -0.39 is 0 Å². The summed E-state index contributed by atoms with van der Waals surface area (Å²) in [6, 6.07) is 12.3. The average Bonchev–Trinajstić information content (AvgIpc) is 2.80. The first-order valence-corrected chi connectivity index (χ1v) is 10.1. The highest BCUT2D eigenvalue weighted by Gasteiger charge is 2.14. The molecular formula is C23H26N4O5. The molecule has 32 heavy (non-hydrogen) atoms. The van der Waals surface area contributed by atoms with Gasteiger partial charge >= 0.3 is 0 Å². The maximum Gasteiger partial charge on any atom is 0.261 e. The van der Waals surface area contributed by atoms with E-state index in [0.717, 1.165) is 0 Å². The quantitative estimate of drug-likeness (QED) is 0.550. The topological polar surface area (TPSA) is 103 Å². The number of carbonyl (C=O) groups excluding carboxylic acids is 2. The van der Waals surface area contributed by atoms with Gasteiger partial charge in [0.2, 0.25) is 11.8 Å². The third kappa shape index (κ3) is 5.42. The predicted molar refractivity (Wildman–Crippen MR) is 121 cm³/mol. The molecular weight excluding hydrogens is 412 g/mol. The number of nitrogens with one attached hydrogen (secondary N) is 1. The largest absolute Gasteiger partial charge is 0.493 e. The van der Waals surface area contributed by atoms with Crippen molar-refractivity contribution in [2.24, 2.45) is 0 Å². The van der Waals surface area contributed by atoms with E-state index in [1.165, 1.54) is 30.0 Å². The first-order valence-electron chi connectivity index (χ1n) is 10.1. The summed E-state index contributed by atoms with van der Waals surface area (Å²) >= 11 is 0. The van der Waals surface area contributed by atoms with Crippen molar-refractivity contribution in [3.63, 3.8) is 0 Å². The number of anilines is 1. The lowest BCUT2D eigenvalue weighted by atomic mass is 10.2. The van der Waals surface area contributed by atoms with Crippen molar-refractivity contribution in [3.05, 3.63) is 59.1 Å². The van der Waals surface area contributed by atoms with Crippen molar-refractivity contribution in [1.29, 1.82) is 0 Å². The third-order valence-corrected chi connectivity index (χ3v) is 4.98. The number of benzene rings is 2. The van der Waals surface area contributed by atoms with Crippen LogP contribution in [0.5, 0.6) is 11.5 Å². The van der Waals surface area contributed by atoms with Crippen LogP contribution in [0.3, 0.4) is 0 Å². The van der Waals surface area contributed by atoms with Gasteiger partial charge in [0.05, 0.1) is 38.0 Å². The van der Waals surface area contributed by atoms with Gasteiger partial charge in [0.1, 0.15) is 0 Å². The molecule has 0 fully saturated rings. The van der Waals surface area contributed by atoms with E-state index in [1.807, 2.05) is 18.2 Å². The fraction of sp³-hybridized carbons (Fsp3) is 0.304. The van der Waals surface area contributed by atoms with Crippen LogP contribution < -0.4 is 20.3 Å². The minimum absolute atomic E-state index is 0.0488. The Labute approximate surface area is 185 Å². The molecule has 0 bridgehead atoms. The van der Waals surface area contributed by atoms with E-state index >= 15 is 0 Å². The lowest BCUT2D eigenvalue weighted by molar-refractivity contribution is -0.133. The molecule has 1 aromatic heterocycles.